The lowest BCUT2D eigenvalue weighted by atomic mass is 9.79. The molecule has 3 nitrogen and oxygen atoms in total. The third-order valence-corrected chi connectivity index (χ3v) is 4.46. The summed E-state index contributed by atoms with van der Waals surface area (Å²) in [7, 11) is 0. The SMILES string of the molecule is CCCCC(CC)CNC(=O)C1CC(C)CC(N)C1. The van der Waals surface area contributed by atoms with Gasteiger partial charge in [0.25, 0.3) is 0 Å². The van der Waals surface area contributed by atoms with Gasteiger partial charge < -0.3 is 11.1 Å². The highest BCUT2D eigenvalue weighted by molar-refractivity contribution is 5.78. The van der Waals surface area contributed by atoms with Crippen LogP contribution in [0.5, 0.6) is 0 Å². The lowest BCUT2D eigenvalue weighted by Gasteiger charge is -2.30. The van der Waals surface area contributed by atoms with E-state index in [-0.39, 0.29) is 17.9 Å². The predicted molar refractivity (Wildman–Crippen MR) is 80.8 cm³/mol. The average Bonchev–Trinajstić information content (AvgIpc) is 2.37. The molecular formula is C16H32N2O. The van der Waals surface area contributed by atoms with Crippen LogP contribution in [0.4, 0.5) is 0 Å². The monoisotopic (exact) mass is 268 g/mol. The number of unbranched alkanes of at least 4 members (excludes halogenated alkanes) is 1. The van der Waals surface area contributed by atoms with E-state index in [0.29, 0.717) is 11.8 Å². The Balaban J connectivity index is 2.33. The van der Waals surface area contributed by atoms with Crippen molar-refractivity contribution in [2.45, 2.75) is 71.8 Å². The Hall–Kier alpha value is -0.570. The number of rotatable bonds is 7. The van der Waals surface area contributed by atoms with Crippen LogP contribution in [0.3, 0.4) is 0 Å². The number of nitrogens with one attached hydrogen (secondary N) is 1. The summed E-state index contributed by atoms with van der Waals surface area (Å²) >= 11 is 0. The quantitative estimate of drug-likeness (QED) is 0.745. The van der Waals surface area contributed by atoms with Gasteiger partial charge in [0.15, 0.2) is 0 Å². The molecule has 1 aliphatic carbocycles. The first-order chi connectivity index (χ1) is 9.06. The van der Waals surface area contributed by atoms with Crippen LogP contribution in [0.15, 0.2) is 0 Å². The van der Waals surface area contributed by atoms with E-state index < -0.39 is 0 Å². The van der Waals surface area contributed by atoms with E-state index in [0.717, 1.165) is 32.2 Å². The number of carbonyl (C=O) groups is 1. The summed E-state index contributed by atoms with van der Waals surface area (Å²) in [6.07, 6.45) is 7.82. The molecule has 0 aromatic carbocycles. The van der Waals surface area contributed by atoms with E-state index >= 15 is 0 Å². The van der Waals surface area contributed by atoms with Gasteiger partial charge in [-0.1, -0.05) is 40.0 Å². The number of carbonyl (C=O) groups excluding carboxylic acids is 1. The van der Waals surface area contributed by atoms with Crippen molar-refractivity contribution >= 4 is 5.91 Å². The molecule has 1 rings (SSSR count). The van der Waals surface area contributed by atoms with Crippen LogP contribution >= 0.6 is 0 Å². The molecule has 1 amide bonds. The summed E-state index contributed by atoms with van der Waals surface area (Å²) in [5, 5.41) is 3.16. The summed E-state index contributed by atoms with van der Waals surface area (Å²) in [5.41, 5.74) is 6.02. The molecular weight excluding hydrogens is 236 g/mol. The van der Waals surface area contributed by atoms with E-state index in [1.807, 2.05) is 0 Å². The second kappa shape index (κ2) is 8.57. The zero-order valence-corrected chi connectivity index (χ0v) is 13.0. The van der Waals surface area contributed by atoms with Crippen molar-refractivity contribution in [3.63, 3.8) is 0 Å². The zero-order valence-electron chi connectivity index (χ0n) is 13.0. The lowest BCUT2D eigenvalue weighted by molar-refractivity contribution is -0.126. The normalized spacial score (nSPS) is 28.9. The van der Waals surface area contributed by atoms with Gasteiger partial charge in [0.2, 0.25) is 5.91 Å². The van der Waals surface area contributed by atoms with Gasteiger partial charge in [0.05, 0.1) is 0 Å². The molecule has 0 bridgehead atoms. The van der Waals surface area contributed by atoms with Gasteiger partial charge >= 0.3 is 0 Å². The van der Waals surface area contributed by atoms with Crippen molar-refractivity contribution in [3.8, 4) is 0 Å². The number of amides is 1. The minimum atomic E-state index is 0.141. The molecule has 4 unspecified atom stereocenters. The van der Waals surface area contributed by atoms with Crippen LogP contribution in [0.25, 0.3) is 0 Å². The third kappa shape index (κ3) is 5.94. The highest BCUT2D eigenvalue weighted by Gasteiger charge is 2.29. The molecule has 3 heteroatoms. The lowest BCUT2D eigenvalue weighted by Crippen LogP contribution is -2.41. The molecule has 1 fully saturated rings. The fourth-order valence-electron chi connectivity index (χ4n) is 3.20. The Morgan fingerprint density at radius 3 is 2.63 bits per heavy atom. The van der Waals surface area contributed by atoms with Crippen molar-refractivity contribution in [3.05, 3.63) is 0 Å². The Morgan fingerprint density at radius 2 is 2.05 bits per heavy atom. The van der Waals surface area contributed by atoms with Crippen molar-refractivity contribution in [1.29, 1.82) is 0 Å². The van der Waals surface area contributed by atoms with E-state index in [1.54, 1.807) is 0 Å². The van der Waals surface area contributed by atoms with Crippen LogP contribution in [0.2, 0.25) is 0 Å². The van der Waals surface area contributed by atoms with E-state index in [1.165, 1.54) is 19.3 Å². The number of nitrogens with two attached hydrogens (primary N) is 1. The van der Waals surface area contributed by atoms with Crippen LogP contribution in [-0.4, -0.2) is 18.5 Å². The largest absolute Gasteiger partial charge is 0.356 e. The molecule has 0 aliphatic heterocycles. The molecule has 0 heterocycles. The van der Waals surface area contributed by atoms with Gasteiger partial charge in [0, 0.05) is 18.5 Å². The van der Waals surface area contributed by atoms with Gasteiger partial charge in [-0.15, -0.1) is 0 Å². The van der Waals surface area contributed by atoms with Crippen molar-refractivity contribution in [2.75, 3.05) is 6.54 Å². The topological polar surface area (TPSA) is 55.1 Å². The highest BCUT2D eigenvalue weighted by atomic mass is 16.1. The summed E-state index contributed by atoms with van der Waals surface area (Å²) in [6, 6.07) is 0.210. The maximum absolute atomic E-state index is 12.2. The summed E-state index contributed by atoms with van der Waals surface area (Å²) in [4.78, 5) is 12.2. The zero-order chi connectivity index (χ0) is 14.3. The van der Waals surface area contributed by atoms with Crippen LogP contribution in [0, 0.1) is 17.8 Å². The maximum atomic E-state index is 12.2. The molecule has 19 heavy (non-hydrogen) atoms. The summed E-state index contributed by atoms with van der Waals surface area (Å²) < 4.78 is 0. The molecule has 0 spiro atoms. The van der Waals surface area contributed by atoms with E-state index in [4.69, 9.17) is 5.73 Å². The fraction of sp³-hybridized carbons (Fsp3) is 0.938. The van der Waals surface area contributed by atoms with Gasteiger partial charge in [-0.25, -0.2) is 0 Å². The Kier molecular flexibility index (Phi) is 7.44. The average molecular weight is 268 g/mol. The molecule has 0 aromatic rings. The number of hydrogen-bond donors (Lipinski definition) is 2. The molecule has 0 saturated heterocycles. The van der Waals surface area contributed by atoms with E-state index in [9.17, 15) is 4.79 Å². The smallest absolute Gasteiger partial charge is 0.223 e. The molecule has 3 N–H and O–H groups in total. The Bertz CT molecular complexity index is 257. The first-order valence-corrected chi connectivity index (χ1v) is 8.10. The van der Waals surface area contributed by atoms with Gasteiger partial charge in [-0.3, -0.25) is 4.79 Å². The molecule has 0 aromatic heterocycles. The number of hydrogen-bond acceptors (Lipinski definition) is 2. The minimum Gasteiger partial charge on any atom is -0.356 e. The van der Waals surface area contributed by atoms with Crippen LogP contribution in [-0.2, 0) is 4.79 Å². The Morgan fingerprint density at radius 1 is 1.32 bits per heavy atom. The van der Waals surface area contributed by atoms with Gasteiger partial charge in [-0.2, -0.15) is 0 Å². The molecule has 112 valence electrons. The third-order valence-electron chi connectivity index (χ3n) is 4.46. The Labute approximate surface area is 118 Å². The molecule has 4 atom stereocenters. The predicted octanol–water partition coefficient (Wildman–Crippen LogP) is 3.08. The first-order valence-electron chi connectivity index (χ1n) is 8.10. The van der Waals surface area contributed by atoms with Gasteiger partial charge in [-0.05, 0) is 37.5 Å². The van der Waals surface area contributed by atoms with E-state index in [2.05, 4.69) is 26.1 Å². The molecule has 0 radical (unpaired) electrons. The molecule has 1 saturated carbocycles. The maximum Gasteiger partial charge on any atom is 0.223 e. The second-order valence-corrected chi connectivity index (χ2v) is 6.43. The molecule has 1 aliphatic rings. The van der Waals surface area contributed by atoms with Crippen LogP contribution < -0.4 is 11.1 Å². The van der Waals surface area contributed by atoms with Crippen molar-refractivity contribution in [1.82, 2.24) is 5.32 Å². The minimum absolute atomic E-state index is 0.141. The standard InChI is InChI=1S/C16H32N2O/c1-4-6-7-13(5-2)11-18-16(19)14-8-12(3)9-15(17)10-14/h12-15H,4-11,17H2,1-3H3,(H,18,19). The first kappa shape index (κ1) is 16.5. The van der Waals surface area contributed by atoms with Crippen molar-refractivity contribution in [2.24, 2.45) is 23.5 Å². The van der Waals surface area contributed by atoms with Crippen molar-refractivity contribution < 1.29 is 4.79 Å². The van der Waals surface area contributed by atoms with Crippen LogP contribution in [0.1, 0.15) is 65.7 Å². The van der Waals surface area contributed by atoms with Gasteiger partial charge in [0.1, 0.15) is 0 Å². The highest BCUT2D eigenvalue weighted by Crippen LogP contribution is 2.28. The summed E-state index contributed by atoms with van der Waals surface area (Å²) in [6.45, 7) is 7.48. The fourth-order valence-corrected chi connectivity index (χ4v) is 3.20. The summed E-state index contributed by atoms with van der Waals surface area (Å²) in [5.74, 6) is 1.60. The second-order valence-electron chi connectivity index (χ2n) is 6.43.